The molecule has 0 aliphatic rings. The van der Waals surface area contributed by atoms with E-state index in [1.807, 2.05) is 30.3 Å². The molecular weight excluding hydrogens is 202 g/mol. The van der Waals surface area contributed by atoms with Crippen molar-refractivity contribution in [1.82, 2.24) is 10.4 Å². The quantitative estimate of drug-likeness (QED) is 0.288. The van der Waals surface area contributed by atoms with Gasteiger partial charge in [0.2, 0.25) is 5.96 Å². The summed E-state index contributed by atoms with van der Waals surface area (Å²) in [7, 11) is 1.66. The molecule has 0 unspecified atom stereocenters. The van der Waals surface area contributed by atoms with Gasteiger partial charge in [-0.1, -0.05) is 6.07 Å². The molecule has 5 nitrogen and oxygen atoms in total. The Hall–Kier alpha value is -2.14. The minimum atomic E-state index is 0.517. The van der Waals surface area contributed by atoms with Crippen LogP contribution in [0.5, 0.6) is 0 Å². The third-order valence-electron chi connectivity index (χ3n) is 2.23. The van der Waals surface area contributed by atoms with E-state index in [9.17, 15) is 0 Å². The molecule has 5 heteroatoms. The van der Waals surface area contributed by atoms with Crippen LogP contribution in [0.3, 0.4) is 0 Å². The highest BCUT2D eigenvalue weighted by Crippen LogP contribution is 2.16. The van der Waals surface area contributed by atoms with E-state index in [1.165, 1.54) is 0 Å². The van der Waals surface area contributed by atoms with Crippen LogP contribution in [0.2, 0.25) is 0 Å². The molecule has 16 heavy (non-hydrogen) atoms. The van der Waals surface area contributed by atoms with Crippen LogP contribution in [-0.4, -0.2) is 18.0 Å². The van der Waals surface area contributed by atoms with E-state index >= 15 is 0 Å². The van der Waals surface area contributed by atoms with Crippen molar-refractivity contribution in [1.29, 1.82) is 0 Å². The number of aliphatic imine (C=N–C) groups is 1. The van der Waals surface area contributed by atoms with Crippen molar-refractivity contribution in [3.63, 3.8) is 0 Å². The monoisotopic (exact) mass is 215 g/mol. The van der Waals surface area contributed by atoms with Crippen LogP contribution in [0.15, 0.2) is 41.5 Å². The summed E-state index contributed by atoms with van der Waals surface area (Å²) in [5.41, 5.74) is 4.35. The molecule has 0 bridgehead atoms. The normalized spacial score (nSPS) is 11.5. The summed E-state index contributed by atoms with van der Waals surface area (Å²) >= 11 is 0. The standard InChI is InChI=1S/C11H13N5/c1-13-11(16-12)15-9-4-5-10-8(7-9)3-2-6-14-10/h2-7H,12H2,1H3,(H2,13,15,16). The van der Waals surface area contributed by atoms with Crippen molar-refractivity contribution in [2.75, 3.05) is 12.4 Å². The van der Waals surface area contributed by atoms with Crippen molar-refractivity contribution in [2.45, 2.75) is 0 Å². The molecule has 0 radical (unpaired) electrons. The van der Waals surface area contributed by atoms with E-state index in [1.54, 1.807) is 13.2 Å². The number of nitrogens with zero attached hydrogens (tertiary/aromatic N) is 2. The lowest BCUT2D eigenvalue weighted by Crippen LogP contribution is -2.36. The Morgan fingerprint density at radius 1 is 1.38 bits per heavy atom. The minimum Gasteiger partial charge on any atom is -0.325 e. The molecule has 2 rings (SSSR count). The lowest BCUT2D eigenvalue weighted by molar-refractivity contribution is 1.01. The lowest BCUT2D eigenvalue weighted by atomic mass is 10.2. The Morgan fingerprint density at radius 3 is 3.00 bits per heavy atom. The van der Waals surface area contributed by atoms with Crippen LogP contribution < -0.4 is 16.6 Å². The summed E-state index contributed by atoms with van der Waals surface area (Å²) in [6.07, 6.45) is 1.77. The Labute approximate surface area is 93.4 Å². The van der Waals surface area contributed by atoms with Crippen LogP contribution in [0.4, 0.5) is 5.69 Å². The first-order valence-electron chi connectivity index (χ1n) is 4.88. The number of fused-ring (bicyclic) bond motifs is 1. The number of hydrazine groups is 1. The van der Waals surface area contributed by atoms with Gasteiger partial charge in [0.05, 0.1) is 5.52 Å². The number of hydrogen-bond donors (Lipinski definition) is 3. The van der Waals surface area contributed by atoms with Crippen molar-refractivity contribution < 1.29 is 0 Å². The van der Waals surface area contributed by atoms with E-state index in [-0.39, 0.29) is 0 Å². The van der Waals surface area contributed by atoms with Gasteiger partial charge in [0.25, 0.3) is 0 Å². The Morgan fingerprint density at radius 2 is 2.25 bits per heavy atom. The number of nitrogens with two attached hydrogens (primary N) is 1. The zero-order valence-corrected chi connectivity index (χ0v) is 8.94. The van der Waals surface area contributed by atoms with Gasteiger partial charge >= 0.3 is 0 Å². The van der Waals surface area contributed by atoms with Crippen molar-refractivity contribution in [2.24, 2.45) is 10.8 Å². The Balaban J connectivity index is 2.32. The van der Waals surface area contributed by atoms with E-state index in [0.29, 0.717) is 5.96 Å². The van der Waals surface area contributed by atoms with Gasteiger partial charge < -0.3 is 5.32 Å². The van der Waals surface area contributed by atoms with Crippen LogP contribution in [-0.2, 0) is 0 Å². The first-order valence-corrected chi connectivity index (χ1v) is 4.88. The van der Waals surface area contributed by atoms with Crippen LogP contribution in [0, 0.1) is 0 Å². The molecule has 0 saturated heterocycles. The smallest absolute Gasteiger partial charge is 0.209 e. The molecule has 0 fully saturated rings. The number of guanidine groups is 1. The van der Waals surface area contributed by atoms with Gasteiger partial charge in [-0.25, -0.2) is 5.84 Å². The molecule has 4 N–H and O–H groups in total. The SMILES string of the molecule is CN=C(NN)Nc1ccc2ncccc2c1. The first-order chi connectivity index (χ1) is 7.83. The summed E-state index contributed by atoms with van der Waals surface area (Å²) in [6, 6.07) is 9.78. The second-order valence-corrected chi connectivity index (χ2v) is 3.25. The summed E-state index contributed by atoms with van der Waals surface area (Å²) in [5, 5.41) is 4.13. The van der Waals surface area contributed by atoms with Gasteiger partial charge in [-0.05, 0) is 24.3 Å². The average Bonchev–Trinajstić information content (AvgIpc) is 2.35. The summed E-state index contributed by atoms with van der Waals surface area (Å²) in [5.74, 6) is 5.81. The van der Waals surface area contributed by atoms with Crippen LogP contribution in [0.1, 0.15) is 0 Å². The van der Waals surface area contributed by atoms with Gasteiger partial charge in [-0.2, -0.15) is 0 Å². The predicted octanol–water partition coefficient (Wildman–Crippen LogP) is 1.10. The summed E-state index contributed by atoms with van der Waals surface area (Å²) < 4.78 is 0. The molecule has 0 amide bonds. The molecule has 2 aromatic rings. The minimum absolute atomic E-state index is 0.517. The molecule has 0 aliphatic carbocycles. The zero-order valence-electron chi connectivity index (χ0n) is 8.94. The summed E-state index contributed by atoms with van der Waals surface area (Å²) in [6.45, 7) is 0. The molecule has 0 saturated carbocycles. The maximum atomic E-state index is 5.29. The second kappa shape index (κ2) is 4.59. The van der Waals surface area contributed by atoms with E-state index in [2.05, 4.69) is 20.7 Å². The fourth-order valence-electron chi connectivity index (χ4n) is 1.45. The first kappa shape index (κ1) is 10.4. The van der Waals surface area contributed by atoms with Gasteiger partial charge in [0, 0.05) is 24.3 Å². The number of rotatable bonds is 1. The predicted molar refractivity (Wildman–Crippen MR) is 66.0 cm³/mol. The zero-order chi connectivity index (χ0) is 11.4. The topological polar surface area (TPSA) is 75.3 Å². The van der Waals surface area contributed by atoms with Gasteiger partial charge in [-0.15, -0.1) is 0 Å². The second-order valence-electron chi connectivity index (χ2n) is 3.25. The third kappa shape index (κ3) is 2.09. The number of aromatic nitrogens is 1. The molecule has 0 aliphatic heterocycles. The van der Waals surface area contributed by atoms with Gasteiger partial charge in [0.1, 0.15) is 0 Å². The largest absolute Gasteiger partial charge is 0.325 e. The fourth-order valence-corrected chi connectivity index (χ4v) is 1.45. The fraction of sp³-hybridized carbons (Fsp3) is 0.0909. The highest BCUT2D eigenvalue weighted by atomic mass is 15.3. The van der Waals surface area contributed by atoms with Crippen LogP contribution in [0.25, 0.3) is 10.9 Å². The van der Waals surface area contributed by atoms with E-state index < -0.39 is 0 Å². The van der Waals surface area contributed by atoms with Crippen molar-refractivity contribution in [3.05, 3.63) is 36.5 Å². The average molecular weight is 215 g/mol. The van der Waals surface area contributed by atoms with E-state index in [0.717, 1.165) is 16.6 Å². The molecule has 0 atom stereocenters. The summed E-state index contributed by atoms with van der Waals surface area (Å²) in [4.78, 5) is 8.18. The maximum absolute atomic E-state index is 5.29. The number of pyridine rings is 1. The lowest BCUT2D eigenvalue weighted by Gasteiger charge is -2.08. The molecular formula is C11H13N5. The molecule has 0 spiro atoms. The highest BCUT2D eigenvalue weighted by Gasteiger charge is 1.98. The third-order valence-corrected chi connectivity index (χ3v) is 2.23. The highest BCUT2D eigenvalue weighted by molar-refractivity contribution is 5.95. The number of benzene rings is 1. The number of hydrogen-bond acceptors (Lipinski definition) is 3. The van der Waals surface area contributed by atoms with Gasteiger partial charge in [0.15, 0.2) is 0 Å². The molecule has 1 aromatic heterocycles. The van der Waals surface area contributed by atoms with Gasteiger partial charge in [-0.3, -0.25) is 15.4 Å². The molecule has 1 aromatic carbocycles. The van der Waals surface area contributed by atoms with E-state index in [4.69, 9.17) is 5.84 Å². The van der Waals surface area contributed by atoms with Crippen molar-refractivity contribution in [3.8, 4) is 0 Å². The number of anilines is 1. The Kier molecular flexibility index (Phi) is 2.98. The van der Waals surface area contributed by atoms with Crippen LogP contribution >= 0.6 is 0 Å². The number of nitrogens with one attached hydrogen (secondary N) is 2. The van der Waals surface area contributed by atoms with Crippen molar-refractivity contribution >= 4 is 22.5 Å². The maximum Gasteiger partial charge on any atom is 0.209 e. The molecule has 82 valence electrons. The molecule has 1 heterocycles. The Bertz CT molecular complexity index is 521.